The summed E-state index contributed by atoms with van der Waals surface area (Å²) in [4.78, 5) is 19.5. The van der Waals surface area contributed by atoms with Gasteiger partial charge in [0.05, 0.1) is 12.1 Å². The van der Waals surface area contributed by atoms with Crippen LogP contribution in [0.3, 0.4) is 0 Å². The second-order valence-corrected chi connectivity index (χ2v) is 7.36. The number of aryl methyl sites for hydroxylation is 1. The molecule has 1 saturated carbocycles. The molecule has 0 radical (unpaired) electrons. The Hall–Kier alpha value is -2.88. The standard InChI is InChI=1S/C19H19F3N4O3/c1-10-23-16-15(17(28)24-10)14(9-27)25-26(16)18(2,11-3-4-11)12-5-7-13(8-6-12)29-19(20,21)22/h5-8,11,27H,3-4,9H2,1-2H3,(H,23,24,28)/t18-/m1/s1. The number of ether oxygens (including phenoxy) is 1. The summed E-state index contributed by atoms with van der Waals surface area (Å²) in [5, 5.41) is 14.4. The van der Waals surface area contributed by atoms with Gasteiger partial charge < -0.3 is 14.8 Å². The zero-order chi connectivity index (χ0) is 21.0. The number of nitrogens with zero attached hydrogens (tertiary/aromatic N) is 3. The van der Waals surface area contributed by atoms with E-state index >= 15 is 0 Å². The van der Waals surface area contributed by atoms with Crippen molar-refractivity contribution in [3.8, 4) is 5.75 Å². The molecule has 7 nitrogen and oxygen atoms in total. The molecule has 0 saturated heterocycles. The first-order chi connectivity index (χ1) is 13.6. The maximum absolute atomic E-state index is 12.5. The van der Waals surface area contributed by atoms with E-state index in [1.54, 1.807) is 23.7 Å². The minimum atomic E-state index is -4.77. The molecular formula is C19H19F3N4O3. The zero-order valence-electron chi connectivity index (χ0n) is 15.7. The molecule has 0 spiro atoms. The lowest BCUT2D eigenvalue weighted by molar-refractivity contribution is -0.274. The first-order valence-electron chi connectivity index (χ1n) is 9.09. The third-order valence-electron chi connectivity index (χ3n) is 5.36. The first-order valence-corrected chi connectivity index (χ1v) is 9.09. The first kappa shape index (κ1) is 19.4. The van der Waals surface area contributed by atoms with Gasteiger partial charge in [0.15, 0.2) is 5.65 Å². The van der Waals surface area contributed by atoms with Crippen LogP contribution in [-0.2, 0) is 12.1 Å². The number of alkyl halides is 3. The predicted octanol–water partition coefficient (Wildman–Crippen LogP) is 2.99. The van der Waals surface area contributed by atoms with Crippen molar-refractivity contribution in [1.82, 2.24) is 19.7 Å². The van der Waals surface area contributed by atoms with E-state index in [1.807, 2.05) is 6.92 Å². The van der Waals surface area contributed by atoms with Crippen LogP contribution in [0.1, 0.15) is 36.8 Å². The van der Waals surface area contributed by atoms with Crippen molar-refractivity contribution < 1.29 is 23.0 Å². The van der Waals surface area contributed by atoms with Gasteiger partial charge >= 0.3 is 6.36 Å². The lowest BCUT2D eigenvalue weighted by Gasteiger charge is -2.31. The summed E-state index contributed by atoms with van der Waals surface area (Å²) < 4.78 is 43.0. The minimum absolute atomic E-state index is 0.160. The smallest absolute Gasteiger partial charge is 0.406 e. The number of hydrogen-bond donors (Lipinski definition) is 2. The third-order valence-corrected chi connectivity index (χ3v) is 5.36. The monoisotopic (exact) mass is 408 g/mol. The van der Waals surface area contributed by atoms with Crippen LogP contribution >= 0.6 is 0 Å². The number of H-pyrrole nitrogens is 1. The third kappa shape index (κ3) is 3.37. The minimum Gasteiger partial charge on any atom is -0.406 e. The predicted molar refractivity (Wildman–Crippen MR) is 97.4 cm³/mol. The number of aliphatic hydroxyl groups is 1. The molecule has 1 fully saturated rings. The van der Waals surface area contributed by atoms with E-state index in [0.717, 1.165) is 12.8 Å². The highest BCUT2D eigenvalue weighted by molar-refractivity contribution is 5.77. The average Bonchev–Trinajstić information content (AvgIpc) is 3.42. The lowest BCUT2D eigenvalue weighted by Crippen LogP contribution is -2.35. The number of aliphatic hydroxyl groups excluding tert-OH is 1. The normalized spacial score (nSPS) is 16.8. The molecule has 1 atom stereocenters. The fraction of sp³-hybridized carbons (Fsp3) is 0.421. The molecule has 4 rings (SSSR count). The maximum Gasteiger partial charge on any atom is 0.573 e. The quantitative estimate of drug-likeness (QED) is 0.677. The Balaban J connectivity index is 1.88. The fourth-order valence-corrected chi connectivity index (χ4v) is 3.81. The van der Waals surface area contributed by atoms with Crippen LogP contribution in [0.25, 0.3) is 11.0 Å². The van der Waals surface area contributed by atoms with Crippen LogP contribution in [0.4, 0.5) is 13.2 Å². The summed E-state index contributed by atoms with van der Waals surface area (Å²) in [7, 11) is 0. The molecular weight excluding hydrogens is 389 g/mol. The summed E-state index contributed by atoms with van der Waals surface area (Å²) in [5.74, 6) is 0.249. The molecule has 3 aromatic rings. The fourth-order valence-electron chi connectivity index (χ4n) is 3.81. The Morgan fingerprint density at radius 2 is 1.93 bits per heavy atom. The number of benzene rings is 1. The van der Waals surface area contributed by atoms with Crippen LogP contribution in [-0.4, -0.2) is 31.2 Å². The van der Waals surface area contributed by atoms with E-state index in [-0.39, 0.29) is 22.7 Å². The number of nitrogens with one attached hydrogen (secondary N) is 1. The van der Waals surface area contributed by atoms with E-state index in [9.17, 15) is 23.1 Å². The van der Waals surface area contributed by atoms with E-state index in [4.69, 9.17) is 0 Å². The van der Waals surface area contributed by atoms with Crippen molar-refractivity contribution in [3.63, 3.8) is 0 Å². The number of rotatable bonds is 5. The highest BCUT2D eigenvalue weighted by atomic mass is 19.4. The van der Waals surface area contributed by atoms with Crippen LogP contribution in [0.5, 0.6) is 5.75 Å². The Bertz CT molecular complexity index is 1120. The summed E-state index contributed by atoms with van der Waals surface area (Å²) in [5.41, 5.74) is 0.103. The van der Waals surface area contributed by atoms with E-state index in [1.165, 1.54) is 12.1 Å². The summed E-state index contributed by atoms with van der Waals surface area (Å²) in [6, 6.07) is 5.64. The topological polar surface area (TPSA) is 93.0 Å². The highest BCUT2D eigenvalue weighted by Gasteiger charge is 2.46. The van der Waals surface area contributed by atoms with Gasteiger partial charge in [0.25, 0.3) is 5.56 Å². The Labute approximate surface area is 163 Å². The summed E-state index contributed by atoms with van der Waals surface area (Å²) >= 11 is 0. The van der Waals surface area contributed by atoms with Crippen molar-refractivity contribution >= 4 is 11.0 Å². The van der Waals surface area contributed by atoms with Gasteiger partial charge in [0.2, 0.25) is 0 Å². The number of halogens is 3. The van der Waals surface area contributed by atoms with Crippen LogP contribution in [0, 0.1) is 12.8 Å². The van der Waals surface area contributed by atoms with Gasteiger partial charge in [0.1, 0.15) is 22.7 Å². The van der Waals surface area contributed by atoms with Crippen LogP contribution in [0.2, 0.25) is 0 Å². The molecule has 0 amide bonds. The van der Waals surface area contributed by atoms with Crippen LogP contribution in [0.15, 0.2) is 29.1 Å². The van der Waals surface area contributed by atoms with Crippen molar-refractivity contribution in [3.05, 3.63) is 51.7 Å². The van der Waals surface area contributed by atoms with Gasteiger partial charge in [0, 0.05) is 0 Å². The van der Waals surface area contributed by atoms with Gasteiger partial charge in [-0.1, -0.05) is 12.1 Å². The molecule has 1 aromatic carbocycles. The molecule has 29 heavy (non-hydrogen) atoms. The number of aromatic amines is 1. The Morgan fingerprint density at radius 3 is 2.48 bits per heavy atom. The van der Waals surface area contributed by atoms with Gasteiger partial charge in [-0.05, 0) is 50.3 Å². The molecule has 2 heterocycles. The summed E-state index contributed by atoms with van der Waals surface area (Å²) in [6.07, 6.45) is -2.97. The number of aromatic nitrogens is 4. The molecule has 1 aliphatic carbocycles. The second kappa shape index (κ2) is 6.58. The van der Waals surface area contributed by atoms with Crippen molar-refractivity contribution in [2.75, 3.05) is 0 Å². The lowest BCUT2D eigenvalue weighted by atomic mass is 9.87. The molecule has 154 valence electrons. The van der Waals surface area contributed by atoms with Crippen molar-refractivity contribution in [2.24, 2.45) is 5.92 Å². The SMILES string of the molecule is Cc1nc2c(c(CO)nn2[C@@](C)(c2ccc(OC(F)(F)F)cc2)C2CC2)c(=O)[nH]1. The molecule has 2 aromatic heterocycles. The van der Waals surface area contributed by atoms with E-state index in [0.29, 0.717) is 17.0 Å². The molecule has 10 heteroatoms. The highest BCUT2D eigenvalue weighted by Crippen LogP contribution is 2.49. The molecule has 0 aliphatic heterocycles. The summed E-state index contributed by atoms with van der Waals surface area (Å²) in [6.45, 7) is 3.13. The molecule has 0 unspecified atom stereocenters. The van der Waals surface area contributed by atoms with Gasteiger partial charge in [-0.2, -0.15) is 5.10 Å². The molecule has 0 bridgehead atoms. The molecule has 1 aliphatic rings. The van der Waals surface area contributed by atoms with Gasteiger partial charge in [-0.3, -0.25) is 4.79 Å². The van der Waals surface area contributed by atoms with Gasteiger partial charge in [-0.25, -0.2) is 9.67 Å². The van der Waals surface area contributed by atoms with E-state index < -0.39 is 24.1 Å². The Morgan fingerprint density at radius 1 is 1.28 bits per heavy atom. The Kier molecular flexibility index (Phi) is 4.41. The zero-order valence-corrected chi connectivity index (χ0v) is 15.7. The second-order valence-electron chi connectivity index (χ2n) is 7.36. The van der Waals surface area contributed by atoms with Crippen molar-refractivity contribution in [1.29, 1.82) is 0 Å². The van der Waals surface area contributed by atoms with Crippen LogP contribution < -0.4 is 10.3 Å². The van der Waals surface area contributed by atoms with E-state index in [2.05, 4.69) is 19.8 Å². The average molecular weight is 408 g/mol. The molecule has 2 N–H and O–H groups in total. The van der Waals surface area contributed by atoms with Crippen molar-refractivity contribution in [2.45, 2.75) is 45.2 Å². The maximum atomic E-state index is 12.5. The number of fused-ring (bicyclic) bond motifs is 1. The number of hydrogen-bond acceptors (Lipinski definition) is 5. The largest absolute Gasteiger partial charge is 0.573 e. The van der Waals surface area contributed by atoms with Gasteiger partial charge in [-0.15, -0.1) is 13.2 Å².